The fraction of sp³-hybridized carbons (Fsp3) is 0.240. The Hall–Kier alpha value is -3.74. The van der Waals surface area contributed by atoms with Gasteiger partial charge in [0, 0.05) is 29.4 Å². The number of benzene rings is 2. The van der Waals surface area contributed by atoms with E-state index in [1.165, 1.54) is 12.1 Å². The lowest BCUT2D eigenvalue weighted by Crippen LogP contribution is -2.27. The van der Waals surface area contributed by atoms with Crippen molar-refractivity contribution in [1.82, 2.24) is 20.1 Å². The molecule has 0 aliphatic heterocycles. The number of nitrogens with one attached hydrogen (secondary N) is 1. The molecule has 1 amide bonds. The molecule has 0 saturated heterocycles. The lowest BCUT2D eigenvalue weighted by Gasteiger charge is -2.09. The van der Waals surface area contributed by atoms with Crippen LogP contribution in [0.25, 0.3) is 16.6 Å². The molecular weight excluding hydrogens is 407 g/mol. The quantitative estimate of drug-likeness (QED) is 0.422. The first-order valence-electron chi connectivity index (χ1n) is 10.6. The van der Waals surface area contributed by atoms with Gasteiger partial charge in [-0.1, -0.05) is 18.2 Å². The van der Waals surface area contributed by atoms with Gasteiger partial charge in [-0.25, -0.2) is 9.07 Å². The molecule has 0 saturated carbocycles. The highest BCUT2D eigenvalue weighted by molar-refractivity contribution is 5.84. The Bertz CT molecular complexity index is 1230. The summed E-state index contributed by atoms with van der Waals surface area (Å²) in [7, 11) is 0. The Morgan fingerprint density at radius 1 is 1.09 bits per heavy atom. The number of pyridine rings is 1. The van der Waals surface area contributed by atoms with Gasteiger partial charge in [0.1, 0.15) is 17.1 Å². The zero-order valence-corrected chi connectivity index (χ0v) is 18.1. The monoisotopic (exact) mass is 432 g/mol. The van der Waals surface area contributed by atoms with E-state index in [2.05, 4.69) is 15.4 Å². The van der Waals surface area contributed by atoms with Gasteiger partial charge < -0.3 is 10.1 Å². The Morgan fingerprint density at radius 2 is 1.88 bits per heavy atom. The minimum atomic E-state index is -0.296. The lowest BCUT2D eigenvalue weighted by molar-refractivity contribution is -0.120. The van der Waals surface area contributed by atoms with Crippen LogP contribution in [-0.4, -0.2) is 33.8 Å². The average molecular weight is 432 g/mol. The Morgan fingerprint density at radius 3 is 2.69 bits per heavy atom. The van der Waals surface area contributed by atoms with E-state index >= 15 is 0 Å². The zero-order valence-electron chi connectivity index (χ0n) is 18.1. The van der Waals surface area contributed by atoms with E-state index < -0.39 is 0 Å². The number of hydrogen-bond acceptors (Lipinski definition) is 4. The summed E-state index contributed by atoms with van der Waals surface area (Å²) in [6.07, 6.45) is 2.67. The van der Waals surface area contributed by atoms with E-state index in [-0.39, 0.29) is 18.1 Å². The summed E-state index contributed by atoms with van der Waals surface area (Å²) < 4.78 is 20.8. The van der Waals surface area contributed by atoms with Gasteiger partial charge in [-0.3, -0.25) is 9.78 Å². The standard InChI is InChI=1S/C25H25FN4O2/c1-17-22(18(2)30(29-17)21-11-9-20(26)10-12-21)16-24(31)27-14-5-15-32-23-8-3-6-19-7-4-13-28-25(19)23/h3-4,6-13H,5,14-16H2,1-2H3,(H,27,31). The normalized spacial score (nSPS) is 11.0. The molecular formula is C25H25FN4O2. The van der Waals surface area contributed by atoms with Crippen molar-refractivity contribution in [3.63, 3.8) is 0 Å². The first-order valence-corrected chi connectivity index (χ1v) is 10.6. The number of aryl methyl sites for hydroxylation is 1. The molecule has 0 unspecified atom stereocenters. The minimum Gasteiger partial charge on any atom is -0.491 e. The van der Waals surface area contributed by atoms with Crippen molar-refractivity contribution in [2.45, 2.75) is 26.7 Å². The van der Waals surface area contributed by atoms with Crippen LogP contribution in [-0.2, 0) is 11.2 Å². The highest BCUT2D eigenvalue weighted by Gasteiger charge is 2.16. The van der Waals surface area contributed by atoms with Crippen molar-refractivity contribution in [3.8, 4) is 11.4 Å². The number of rotatable bonds is 8. The summed E-state index contributed by atoms with van der Waals surface area (Å²) in [5.41, 5.74) is 4.14. The molecule has 6 nitrogen and oxygen atoms in total. The highest BCUT2D eigenvalue weighted by atomic mass is 19.1. The summed E-state index contributed by atoms with van der Waals surface area (Å²) in [5.74, 6) is 0.381. The fourth-order valence-corrected chi connectivity index (χ4v) is 3.66. The van der Waals surface area contributed by atoms with Gasteiger partial charge in [-0.2, -0.15) is 5.10 Å². The molecule has 0 bridgehead atoms. The maximum Gasteiger partial charge on any atom is 0.224 e. The summed E-state index contributed by atoms with van der Waals surface area (Å²) in [4.78, 5) is 16.8. The largest absolute Gasteiger partial charge is 0.491 e. The van der Waals surface area contributed by atoms with Crippen LogP contribution in [0.15, 0.2) is 60.8 Å². The van der Waals surface area contributed by atoms with Gasteiger partial charge in [0.2, 0.25) is 5.91 Å². The van der Waals surface area contributed by atoms with Crippen molar-refractivity contribution in [3.05, 3.63) is 83.6 Å². The van der Waals surface area contributed by atoms with Gasteiger partial charge in [0.15, 0.2) is 0 Å². The van der Waals surface area contributed by atoms with Gasteiger partial charge >= 0.3 is 0 Å². The number of ether oxygens (including phenoxy) is 1. The maximum absolute atomic E-state index is 13.2. The highest BCUT2D eigenvalue weighted by Crippen LogP contribution is 2.23. The van der Waals surface area contributed by atoms with Crippen molar-refractivity contribution in [2.75, 3.05) is 13.2 Å². The lowest BCUT2D eigenvalue weighted by atomic mass is 10.1. The van der Waals surface area contributed by atoms with E-state index in [9.17, 15) is 9.18 Å². The van der Waals surface area contributed by atoms with Gasteiger partial charge in [-0.05, 0) is 56.7 Å². The van der Waals surface area contributed by atoms with E-state index in [0.29, 0.717) is 19.6 Å². The molecule has 0 atom stereocenters. The van der Waals surface area contributed by atoms with Crippen molar-refractivity contribution in [2.24, 2.45) is 0 Å². The third-order valence-corrected chi connectivity index (χ3v) is 5.35. The molecule has 2 aromatic heterocycles. The van der Waals surface area contributed by atoms with Crippen molar-refractivity contribution in [1.29, 1.82) is 0 Å². The molecule has 0 aliphatic rings. The van der Waals surface area contributed by atoms with Gasteiger partial charge in [0.25, 0.3) is 0 Å². The first kappa shape index (κ1) is 21.5. The van der Waals surface area contributed by atoms with Gasteiger partial charge in [0.05, 0.1) is 24.4 Å². The molecule has 2 aromatic carbocycles. The molecule has 0 aliphatic carbocycles. The third kappa shape index (κ3) is 4.77. The summed E-state index contributed by atoms with van der Waals surface area (Å²) in [6, 6.07) is 15.9. The average Bonchev–Trinajstić information content (AvgIpc) is 3.07. The number of carbonyl (C=O) groups is 1. The van der Waals surface area contributed by atoms with Crippen LogP contribution in [0.5, 0.6) is 5.75 Å². The SMILES string of the molecule is Cc1nn(-c2ccc(F)cc2)c(C)c1CC(=O)NCCCOc1cccc2cccnc12. The molecule has 164 valence electrons. The fourth-order valence-electron chi connectivity index (χ4n) is 3.66. The number of hydrogen-bond donors (Lipinski definition) is 1. The zero-order chi connectivity index (χ0) is 22.5. The minimum absolute atomic E-state index is 0.0679. The van der Waals surface area contributed by atoms with Crippen LogP contribution in [0.4, 0.5) is 4.39 Å². The molecule has 32 heavy (non-hydrogen) atoms. The van der Waals surface area contributed by atoms with Crippen molar-refractivity contribution < 1.29 is 13.9 Å². The van der Waals surface area contributed by atoms with Crippen LogP contribution in [0, 0.1) is 19.7 Å². The Balaban J connectivity index is 1.28. The molecule has 0 radical (unpaired) electrons. The van der Waals surface area contributed by atoms with E-state index in [1.54, 1.807) is 23.0 Å². The topological polar surface area (TPSA) is 69.0 Å². The number of carbonyl (C=O) groups excluding carboxylic acids is 1. The third-order valence-electron chi connectivity index (χ3n) is 5.35. The molecule has 4 rings (SSSR count). The summed E-state index contributed by atoms with van der Waals surface area (Å²) >= 11 is 0. The van der Waals surface area contributed by atoms with Crippen LogP contribution < -0.4 is 10.1 Å². The smallest absolute Gasteiger partial charge is 0.224 e. The molecule has 0 spiro atoms. The maximum atomic E-state index is 13.2. The van der Waals surface area contributed by atoms with Crippen LogP contribution in [0.2, 0.25) is 0 Å². The first-order chi connectivity index (χ1) is 15.5. The summed E-state index contributed by atoms with van der Waals surface area (Å²) in [5, 5.41) is 8.50. The second-order valence-corrected chi connectivity index (χ2v) is 7.60. The number of nitrogens with zero attached hydrogens (tertiary/aromatic N) is 3. The molecule has 0 fully saturated rings. The van der Waals surface area contributed by atoms with Crippen molar-refractivity contribution >= 4 is 16.8 Å². The van der Waals surface area contributed by atoms with Crippen LogP contribution in [0.3, 0.4) is 0 Å². The van der Waals surface area contributed by atoms with E-state index in [0.717, 1.165) is 39.3 Å². The second-order valence-electron chi connectivity index (χ2n) is 7.60. The van der Waals surface area contributed by atoms with Crippen LogP contribution >= 0.6 is 0 Å². The summed E-state index contributed by atoms with van der Waals surface area (Å²) in [6.45, 7) is 4.79. The molecule has 2 heterocycles. The van der Waals surface area contributed by atoms with E-state index in [1.807, 2.05) is 44.2 Å². The predicted octanol–water partition coefficient (Wildman–Crippen LogP) is 4.30. The molecule has 7 heteroatoms. The number of para-hydroxylation sites is 1. The predicted molar refractivity (Wildman–Crippen MR) is 122 cm³/mol. The van der Waals surface area contributed by atoms with Gasteiger partial charge in [-0.15, -0.1) is 0 Å². The number of halogens is 1. The molecule has 4 aromatic rings. The number of fused-ring (bicyclic) bond motifs is 1. The number of amides is 1. The molecule has 1 N–H and O–H groups in total. The van der Waals surface area contributed by atoms with Crippen LogP contribution in [0.1, 0.15) is 23.4 Å². The number of aromatic nitrogens is 3. The second kappa shape index (κ2) is 9.60. The Kier molecular flexibility index (Phi) is 6.44. The van der Waals surface area contributed by atoms with E-state index in [4.69, 9.17) is 4.74 Å². The Labute approximate surface area is 186 Å².